The van der Waals surface area contributed by atoms with Crippen LogP contribution in [0.4, 0.5) is 0 Å². The number of rotatable bonds is 6. The number of nitrogens with one attached hydrogen (secondary N) is 1. The molecule has 5 nitrogen and oxygen atoms in total. The van der Waals surface area contributed by atoms with Gasteiger partial charge < -0.3 is 9.84 Å². The van der Waals surface area contributed by atoms with Crippen LogP contribution in [0.25, 0.3) is 0 Å². The van der Waals surface area contributed by atoms with Gasteiger partial charge >= 0.3 is 0 Å². The third-order valence-corrected chi connectivity index (χ3v) is 4.57. The summed E-state index contributed by atoms with van der Waals surface area (Å²) >= 11 is 0. The van der Waals surface area contributed by atoms with Crippen molar-refractivity contribution in [3.8, 4) is 5.75 Å². The molecule has 0 radical (unpaired) electrons. The van der Waals surface area contributed by atoms with E-state index in [0.29, 0.717) is 19.1 Å². The first-order chi connectivity index (χ1) is 11.6. The second-order valence-corrected chi connectivity index (χ2v) is 6.90. The minimum absolute atomic E-state index is 0.327. The number of aliphatic hydroxyl groups excluding tert-OH is 1. The van der Waals surface area contributed by atoms with Crippen LogP contribution in [0.1, 0.15) is 35.6 Å². The molecule has 2 N–H and O–H groups in total. The number of H-pyrrole nitrogens is 1. The largest absolute Gasteiger partial charge is 0.491 e. The highest BCUT2D eigenvalue weighted by molar-refractivity contribution is 5.33. The lowest BCUT2D eigenvalue weighted by Gasteiger charge is -2.33. The van der Waals surface area contributed by atoms with Crippen LogP contribution < -0.4 is 4.74 Å². The molecule has 1 aliphatic rings. The van der Waals surface area contributed by atoms with Crippen molar-refractivity contribution in [3.05, 3.63) is 47.3 Å². The normalized spacial score (nSPS) is 20.0. The average molecular weight is 329 g/mol. The van der Waals surface area contributed by atoms with Crippen molar-refractivity contribution in [1.29, 1.82) is 0 Å². The number of benzene rings is 1. The Morgan fingerprint density at radius 3 is 2.83 bits per heavy atom. The van der Waals surface area contributed by atoms with Crippen molar-refractivity contribution in [1.82, 2.24) is 15.1 Å². The van der Waals surface area contributed by atoms with Crippen LogP contribution in [-0.4, -0.2) is 52.5 Å². The van der Waals surface area contributed by atoms with E-state index in [1.165, 1.54) is 23.2 Å². The molecule has 1 saturated heterocycles. The molecule has 0 bridgehead atoms. The second-order valence-electron chi connectivity index (χ2n) is 6.90. The van der Waals surface area contributed by atoms with Crippen molar-refractivity contribution in [2.75, 3.05) is 26.2 Å². The number of aromatic amines is 1. The van der Waals surface area contributed by atoms with E-state index in [-0.39, 0.29) is 0 Å². The summed E-state index contributed by atoms with van der Waals surface area (Å²) in [7, 11) is 0. The maximum Gasteiger partial charge on any atom is 0.119 e. The Kier molecular flexibility index (Phi) is 5.53. The molecule has 0 amide bonds. The van der Waals surface area contributed by atoms with Gasteiger partial charge in [-0.15, -0.1) is 0 Å². The summed E-state index contributed by atoms with van der Waals surface area (Å²) in [6.07, 6.45) is 3.65. The third-order valence-electron chi connectivity index (χ3n) is 4.57. The van der Waals surface area contributed by atoms with Gasteiger partial charge in [-0.25, -0.2) is 0 Å². The molecule has 1 aromatic heterocycles. The first-order valence-corrected chi connectivity index (χ1v) is 8.71. The Bertz CT molecular complexity index is 622. The van der Waals surface area contributed by atoms with E-state index in [1.807, 2.05) is 18.2 Å². The van der Waals surface area contributed by atoms with Gasteiger partial charge in [-0.1, -0.05) is 6.07 Å². The zero-order valence-electron chi connectivity index (χ0n) is 14.5. The fourth-order valence-corrected chi connectivity index (χ4v) is 3.53. The van der Waals surface area contributed by atoms with E-state index >= 15 is 0 Å². The third kappa shape index (κ3) is 4.58. The Morgan fingerprint density at radius 1 is 1.33 bits per heavy atom. The van der Waals surface area contributed by atoms with Gasteiger partial charge in [0.1, 0.15) is 18.5 Å². The van der Waals surface area contributed by atoms with Gasteiger partial charge in [0, 0.05) is 30.9 Å². The zero-order valence-corrected chi connectivity index (χ0v) is 14.5. The molecule has 24 heavy (non-hydrogen) atoms. The summed E-state index contributed by atoms with van der Waals surface area (Å²) in [4.78, 5) is 2.32. The molecule has 130 valence electrons. The smallest absolute Gasteiger partial charge is 0.119 e. The topological polar surface area (TPSA) is 61.4 Å². The van der Waals surface area contributed by atoms with Gasteiger partial charge in [0.15, 0.2) is 0 Å². The van der Waals surface area contributed by atoms with Gasteiger partial charge in [0.25, 0.3) is 0 Å². The predicted molar refractivity (Wildman–Crippen MR) is 94.4 cm³/mol. The molecular formula is C19H27N3O2. The van der Waals surface area contributed by atoms with Crippen LogP contribution in [-0.2, 0) is 0 Å². The van der Waals surface area contributed by atoms with Crippen molar-refractivity contribution in [3.63, 3.8) is 0 Å². The van der Waals surface area contributed by atoms with Gasteiger partial charge in [-0.05, 0) is 62.6 Å². The van der Waals surface area contributed by atoms with Gasteiger partial charge in [0.2, 0.25) is 0 Å². The van der Waals surface area contributed by atoms with Crippen LogP contribution in [0.2, 0.25) is 0 Å². The van der Waals surface area contributed by atoms with E-state index in [2.05, 4.69) is 35.0 Å². The quantitative estimate of drug-likeness (QED) is 0.855. The molecule has 0 spiro atoms. The Balaban J connectivity index is 1.48. The van der Waals surface area contributed by atoms with Gasteiger partial charge in [-0.3, -0.25) is 10.00 Å². The molecule has 1 aromatic carbocycles. The van der Waals surface area contributed by atoms with Crippen LogP contribution in [0, 0.1) is 13.8 Å². The lowest BCUT2D eigenvalue weighted by molar-refractivity contribution is 0.0580. The minimum atomic E-state index is -0.480. The molecule has 1 aliphatic heterocycles. The molecule has 1 fully saturated rings. The summed E-state index contributed by atoms with van der Waals surface area (Å²) in [6.45, 7) is 7.08. The Hall–Kier alpha value is -1.85. The molecule has 5 heteroatoms. The van der Waals surface area contributed by atoms with Crippen molar-refractivity contribution >= 4 is 0 Å². The number of aliphatic hydroxyl groups is 1. The molecule has 0 saturated carbocycles. The van der Waals surface area contributed by atoms with Gasteiger partial charge in [0.05, 0.1) is 0 Å². The molecule has 2 atom stereocenters. The molecule has 0 aliphatic carbocycles. The number of likely N-dealkylation sites (tertiary alicyclic amines) is 1. The number of β-amino-alcohol motifs (C(OH)–C–C–N with tert-alkyl or cyclic N) is 1. The molecule has 2 aromatic rings. The summed E-state index contributed by atoms with van der Waals surface area (Å²) < 4.78 is 5.78. The number of hydrogen-bond donors (Lipinski definition) is 2. The monoisotopic (exact) mass is 329 g/mol. The van der Waals surface area contributed by atoms with Crippen LogP contribution in [0.15, 0.2) is 30.5 Å². The highest BCUT2D eigenvalue weighted by atomic mass is 16.5. The fraction of sp³-hybridized carbons (Fsp3) is 0.526. The lowest BCUT2D eigenvalue weighted by Crippen LogP contribution is -2.41. The molecular weight excluding hydrogens is 302 g/mol. The Labute approximate surface area is 143 Å². The predicted octanol–water partition coefficient (Wildman–Crippen LogP) is 2.65. The van der Waals surface area contributed by atoms with E-state index in [9.17, 15) is 5.11 Å². The maximum atomic E-state index is 10.3. The number of aromatic nitrogens is 2. The molecule has 0 unspecified atom stereocenters. The molecule has 2 heterocycles. The first kappa shape index (κ1) is 17.0. The van der Waals surface area contributed by atoms with Crippen LogP contribution in [0.5, 0.6) is 5.75 Å². The van der Waals surface area contributed by atoms with Gasteiger partial charge in [-0.2, -0.15) is 5.10 Å². The van der Waals surface area contributed by atoms with E-state index in [1.54, 1.807) is 6.20 Å². The summed E-state index contributed by atoms with van der Waals surface area (Å²) in [6, 6.07) is 8.18. The van der Waals surface area contributed by atoms with E-state index < -0.39 is 6.10 Å². The standard InChI is InChI=1S/C19H27N3O2/c1-14-8-15(2)10-18(9-14)24-13-17(23)12-22-7-3-4-16(11-22)19-5-6-20-21-19/h5-6,8-10,16-17,23H,3-4,7,11-13H2,1-2H3,(H,20,21)/t16-,17-/m1/s1. The van der Waals surface area contributed by atoms with E-state index in [0.717, 1.165) is 25.3 Å². The number of ether oxygens (including phenoxy) is 1. The zero-order chi connectivity index (χ0) is 16.9. The molecule has 3 rings (SSSR count). The SMILES string of the molecule is Cc1cc(C)cc(OC[C@H](O)CN2CCC[C@@H](c3ccn[nH]3)C2)c1. The summed E-state index contributed by atoms with van der Waals surface area (Å²) in [5, 5.41) is 17.5. The maximum absolute atomic E-state index is 10.3. The van der Waals surface area contributed by atoms with Crippen molar-refractivity contribution < 1.29 is 9.84 Å². The van der Waals surface area contributed by atoms with Crippen molar-refractivity contribution in [2.45, 2.75) is 38.7 Å². The highest BCUT2D eigenvalue weighted by Gasteiger charge is 2.23. The summed E-state index contributed by atoms with van der Waals surface area (Å²) in [5.74, 6) is 1.31. The number of nitrogens with zero attached hydrogens (tertiary/aromatic N) is 2. The van der Waals surface area contributed by atoms with E-state index in [4.69, 9.17) is 4.74 Å². The second kappa shape index (κ2) is 7.81. The van der Waals surface area contributed by atoms with Crippen molar-refractivity contribution in [2.24, 2.45) is 0 Å². The fourth-order valence-electron chi connectivity index (χ4n) is 3.53. The average Bonchev–Trinajstić information content (AvgIpc) is 3.07. The number of piperidine rings is 1. The highest BCUT2D eigenvalue weighted by Crippen LogP contribution is 2.25. The lowest BCUT2D eigenvalue weighted by atomic mass is 9.95. The van der Waals surface area contributed by atoms with Crippen LogP contribution >= 0.6 is 0 Å². The number of aryl methyl sites for hydroxylation is 2. The summed E-state index contributed by atoms with van der Waals surface area (Å²) in [5.41, 5.74) is 3.55. The first-order valence-electron chi connectivity index (χ1n) is 8.71. The minimum Gasteiger partial charge on any atom is -0.491 e. The Morgan fingerprint density at radius 2 is 2.12 bits per heavy atom. The number of hydrogen-bond acceptors (Lipinski definition) is 4. The van der Waals surface area contributed by atoms with Crippen LogP contribution in [0.3, 0.4) is 0 Å².